The molecule has 4 rings (SSSR count). The lowest BCUT2D eigenvalue weighted by Crippen LogP contribution is -2.61. The number of nitriles is 1. The van der Waals surface area contributed by atoms with Gasteiger partial charge in [0.1, 0.15) is 6.10 Å². The van der Waals surface area contributed by atoms with Crippen LogP contribution in [0.2, 0.25) is 0 Å². The topological polar surface area (TPSA) is 56.6 Å². The molecule has 2 aromatic carbocycles. The van der Waals surface area contributed by atoms with Crippen LogP contribution >= 0.6 is 12.4 Å². The number of ether oxygens (including phenoxy) is 1. The molecule has 1 amide bonds. The Bertz CT molecular complexity index is 887. The molecule has 0 radical (unpaired) electrons. The summed E-state index contributed by atoms with van der Waals surface area (Å²) in [6.07, 6.45) is 2.43. The van der Waals surface area contributed by atoms with Gasteiger partial charge in [0.15, 0.2) is 0 Å². The third-order valence-electron chi connectivity index (χ3n) is 6.12. The first-order valence-electron chi connectivity index (χ1n) is 10.3. The molecule has 1 spiro atoms. The van der Waals surface area contributed by atoms with Crippen LogP contribution in [0, 0.1) is 11.3 Å². The molecule has 2 aliphatic heterocycles. The lowest BCUT2D eigenvalue weighted by atomic mass is 9.88. The molecule has 30 heavy (non-hydrogen) atoms. The van der Waals surface area contributed by atoms with Gasteiger partial charge in [-0.25, -0.2) is 0 Å². The van der Waals surface area contributed by atoms with E-state index in [-0.39, 0.29) is 23.9 Å². The number of para-hydroxylation sites is 1. The fourth-order valence-electron chi connectivity index (χ4n) is 4.37. The van der Waals surface area contributed by atoms with Crippen molar-refractivity contribution in [3.8, 4) is 6.07 Å². The van der Waals surface area contributed by atoms with Gasteiger partial charge >= 0.3 is 0 Å². The summed E-state index contributed by atoms with van der Waals surface area (Å²) < 4.78 is 6.27. The van der Waals surface area contributed by atoms with E-state index in [1.807, 2.05) is 66.4 Å². The molecule has 0 aliphatic carbocycles. The molecule has 2 heterocycles. The molecule has 2 aromatic rings. The largest absolute Gasteiger partial charge is 0.360 e. The maximum atomic E-state index is 12.7. The highest BCUT2D eigenvalue weighted by Crippen LogP contribution is 2.35. The molecule has 1 atom stereocenters. The van der Waals surface area contributed by atoms with Gasteiger partial charge in [0.2, 0.25) is 0 Å². The van der Waals surface area contributed by atoms with E-state index in [0.29, 0.717) is 12.1 Å². The number of hydrogen-bond acceptors (Lipinski definition) is 4. The predicted octanol–water partition coefficient (Wildman–Crippen LogP) is 3.81. The molecular formula is C24H28ClN3O2. The molecule has 0 saturated carbocycles. The number of halogens is 1. The summed E-state index contributed by atoms with van der Waals surface area (Å²) in [5.74, 6) is 0.0464. The first-order chi connectivity index (χ1) is 14.1. The number of likely N-dealkylation sites (tertiary alicyclic amines) is 1. The van der Waals surface area contributed by atoms with Crippen LogP contribution in [-0.4, -0.2) is 48.7 Å². The number of anilines is 1. The first kappa shape index (κ1) is 22.3. The van der Waals surface area contributed by atoms with E-state index >= 15 is 0 Å². The average molecular weight is 426 g/mol. The minimum atomic E-state index is -0.408. The average Bonchev–Trinajstić information content (AvgIpc) is 2.77. The van der Waals surface area contributed by atoms with E-state index in [9.17, 15) is 4.79 Å². The van der Waals surface area contributed by atoms with E-state index in [1.165, 1.54) is 5.56 Å². The van der Waals surface area contributed by atoms with Crippen LogP contribution in [0.15, 0.2) is 54.6 Å². The van der Waals surface area contributed by atoms with E-state index in [2.05, 4.69) is 11.0 Å². The Morgan fingerprint density at radius 1 is 1.10 bits per heavy atom. The molecule has 2 saturated heterocycles. The Morgan fingerprint density at radius 2 is 1.77 bits per heavy atom. The van der Waals surface area contributed by atoms with Crippen LogP contribution in [0.4, 0.5) is 5.69 Å². The molecule has 2 fully saturated rings. The number of rotatable bonds is 4. The van der Waals surface area contributed by atoms with Crippen molar-refractivity contribution in [1.29, 1.82) is 5.26 Å². The fraction of sp³-hybridized carbons (Fsp3) is 0.417. The number of carbonyl (C=O) groups excluding carboxylic acids is 1. The second kappa shape index (κ2) is 9.61. The number of benzene rings is 2. The van der Waals surface area contributed by atoms with Gasteiger partial charge in [-0.2, -0.15) is 5.26 Å². The van der Waals surface area contributed by atoms with E-state index in [1.54, 1.807) is 0 Å². The van der Waals surface area contributed by atoms with Crippen molar-refractivity contribution in [3.63, 3.8) is 0 Å². The van der Waals surface area contributed by atoms with Crippen molar-refractivity contribution in [2.75, 3.05) is 31.1 Å². The Labute approximate surface area is 184 Å². The van der Waals surface area contributed by atoms with Gasteiger partial charge < -0.3 is 14.5 Å². The third kappa shape index (κ3) is 4.84. The molecular weight excluding hydrogens is 398 g/mol. The van der Waals surface area contributed by atoms with Crippen molar-refractivity contribution < 1.29 is 9.53 Å². The molecule has 1 unspecified atom stereocenters. The second-order valence-electron chi connectivity index (χ2n) is 8.10. The normalized spacial score (nSPS) is 21.1. The van der Waals surface area contributed by atoms with Crippen LogP contribution in [0.5, 0.6) is 0 Å². The zero-order valence-corrected chi connectivity index (χ0v) is 18.1. The lowest BCUT2D eigenvalue weighted by molar-refractivity contribution is -0.161. The summed E-state index contributed by atoms with van der Waals surface area (Å²) in [5.41, 5.74) is 2.66. The smallest absolute Gasteiger partial charge is 0.255 e. The number of morpholine rings is 1. The van der Waals surface area contributed by atoms with E-state index < -0.39 is 6.10 Å². The second-order valence-corrected chi connectivity index (χ2v) is 8.10. The number of nitrogens with zero attached hydrogens (tertiary/aromatic N) is 3. The number of hydrogen-bond donors (Lipinski definition) is 0. The van der Waals surface area contributed by atoms with Crippen molar-refractivity contribution in [1.82, 2.24) is 4.90 Å². The summed E-state index contributed by atoms with van der Waals surface area (Å²) >= 11 is 0. The molecule has 5 nitrogen and oxygen atoms in total. The summed E-state index contributed by atoms with van der Waals surface area (Å²) in [6.45, 7) is 5.44. The minimum Gasteiger partial charge on any atom is -0.360 e. The summed E-state index contributed by atoms with van der Waals surface area (Å²) in [7, 11) is 0. The third-order valence-corrected chi connectivity index (χ3v) is 6.12. The Balaban J connectivity index is 0.00000256. The molecule has 0 N–H and O–H groups in total. The Morgan fingerprint density at radius 3 is 2.40 bits per heavy atom. The zero-order chi connectivity index (χ0) is 20.3. The Hall–Kier alpha value is -2.39. The predicted molar refractivity (Wildman–Crippen MR) is 120 cm³/mol. The van der Waals surface area contributed by atoms with Crippen LogP contribution in [0.1, 0.15) is 30.9 Å². The molecule has 158 valence electrons. The zero-order valence-electron chi connectivity index (χ0n) is 17.3. The highest BCUT2D eigenvalue weighted by Gasteiger charge is 2.45. The minimum absolute atomic E-state index is 0. The van der Waals surface area contributed by atoms with Gasteiger partial charge in [-0.1, -0.05) is 30.3 Å². The molecule has 0 aromatic heterocycles. The van der Waals surface area contributed by atoms with Gasteiger partial charge in [0.05, 0.1) is 23.8 Å². The van der Waals surface area contributed by atoms with Gasteiger partial charge in [-0.15, -0.1) is 12.4 Å². The highest BCUT2D eigenvalue weighted by atomic mass is 35.5. The lowest BCUT2D eigenvalue weighted by Gasteiger charge is -2.49. The van der Waals surface area contributed by atoms with Crippen LogP contribution in [-0.2, 0) is 16.0 Å². The standard InChI is InChI=1S/C24H27N3O2.ClH/c1-19-23(28)27(22-5-3-2-4-6-22)18-24(29-19)12-15-26(16-13-24)14-11-20-7-9-21(17-25)10-8-20;/h2-10,19H,11-16,18H2,1H3;1H. The summed E-state index contributed by atoms with van der Waals surface area (Å²) in [4.78, 5) is 17.1. The highest BCUT2D eigenvalue weighted by molar-refractivity contribution is 5.97. The van der Waals surface area contributed by atoms with Crippen molar-refractivity contribution in [2.24, 2.45) is 0 Å². The van der Waals surface area contributed by atoms with Crippen molar-refractivity contribution in [2.45, 2.75) is 37.9 Å². The molecule has 2 aliphatic rings. The maximum Gasteiger partial charge on any atom is 0.255 e. The van der Waals surface area contributed by atoms with E-state index in [0.717, 1.165) is 44.6 Å². The summed E-state index contributed by atoms with van der Waals surface area (Å²) in [6, 6.07) is 19.9. The van der Waals surface area contributed by atoms with Crippen LogP contribution in [0.3, 0.4) is 0 Å². The Kier molecular flexibility index (Phi) is 7.14. The number of amides is 1. The van der Waals surface area contributed by atoms with E-state index in [4.69, 9.17) is 10.00 Å². The quantitative estimate of drug-likeness (QED) is 0.747. The van der Waals surface area contributed by atoms with Crippen LogP contribution < -0.4 is 4.90 Å². The van der Waals surface area contributed by atoms with Crippen LogP contribution in [0.25, 0.3) is 0 Å². The SMILES string of the molecule is CC1OC2(CCN(CCc3ccc(C#N)cc3)CC2)CN(c2ccccc2)C1=O.Cl. The summed E-state index contributed by atoms with van der Waals surface area (Å²) in [5, 5.41) is 8.92. The molecule has 6 heteroatoms. The molecule has 0 bridgehead atoms. The van der Waals surface area contributed by atoms with Crippen molar-refractivity contribution in [3.05, 3.63) is 65.7 Å². The van der Waals surface area contributed by atoms with Crippen molar-refractivity contribution >= 4 is 24.0 Å². The first-order valence-corrected chi connectivity index (χ1v) is 10.3. The van der Waals surface area contributed by atoms with Gasteiger partial charge in [0, 0.05) is 25.3 Å². The maximum absolute atomic E-state index is 12.7. The number of piperidine rings is 1. The number of carbonyl (C=O) groups is 1. The van der Waals surface area contributed by atoms with Gasteiger partial charge in [-0.3, -0.25) is 4.79 Å². The van der Waals surface area contributed by atoms with Gasteiger partial charge in [0.25, 0.3) is 5.91 Å². The fourth-order valence-corrected chi connectivity index (χ4v) is 4.37. The monoisotopic (exact) mass is 425 g/mol. The van der Waals surface area contributed by atoms with Gasteiger partial charge in [-0.05, 0) is 56.0 Å².